The Balaban J connectivity index is 2.89. The molecule has 15 heteroatoms. The van der Waals surface area contributed by atoms with Gasteiger partial charge in [-0.1, -0.05) is 27.7 Å². The fourth-order valence-corrected chi connectivity index (χ4v) is 4.10. The predicted octanol–water partition coefficient (Wildman–Crippen LogP) is -1.34. The molecule has 0 unspecified atom stereocenters. The maximum Gasteiger partial charge on any atom is 0.246 e. The number of carbonyl (C=O) groups excluding carboxylic acids is 7. The second kappa shape index (κ2) is 20.0. The first-order valence-electron chi connectivity index (χ1n) is 14.1. The standard InChI is InChI=1S/C27H45N5O9S/c1-16(2)24-26(38)28-9-10-40-11-12-41-14-23(37)30-19(15-42)20(34)6-8-21(35)29-13-18(33)5-7-22(36)31-25(17(3)4)27(39)32-24/h16-17,19,24-25,42H,5-15H2,1-4H3,(H,28,38)(H,29,35)(H,30,37)(H,31,36)(H,32,39)/t19-,24-,25-/m0/s1. The summed E-state index contributed by atoms with van der Waals surface area (Å²) in [7, 11) is 0. The van der Waals surface area contributed by atoms with Gasteiger partial charge < -0.3 is 36.1 Å². The van der Waals surface area contributed by atoms with Crippen LogP contribution in [0.15, 0.2) is 0 Å². The summed E-state index contributed by atoms with van der Waals surface area (Å²) >= 11 is 4.09. The lowest BCUT2D eigenvalue weighted by molar-refractivity contribution is -0.134. The second-order valence-electron chi connectivity index (χ2n) is 10.6. The highest BCUT2D eigenvalue weighted by molar-refractivity contribution is 7.80. The van der Waals surface area contributed by atoms with E-state index < -0.39 is 59.2 Å². The van der Waals surface area contributed by atoms with Gasteiger partial charge in [-0.2, -0.15) is 12.6 Å². The van der Waals surface area contributed by atoms with Gasteiger partial charge in [0.05, 0.1) is 32.4 Å². The minimum atomic E-state index is -0.938. The third-order valence-electron chi connectivity index (χ3n) is 6.28. The Kier molecular flexibility index (Phi) is 17.6. The van der Waals surface area contributed by atoms with Crippen molar-refractivity contribution in [3.05, 3.63) is 0 Å². The first kappa shape index (κ1) is 37.0. The van der Waals surface area contributed by atoms with Crippen LogP contribution in [0.4, 0.5) is 0 Å². The molecule has 14 nitrogen and oxygen atoms in total. The number of rotatable bonds is 3. The van der Waals surface area contributed by atoms with Crippen molar-refractivity contribution in [3.63, 3.8) is 0 Å². The van der Waals surface area contributed by atoms with Gasteiger partial charge in [0.2, 0.25) is 29.5 Å². The van der Waals surface area contributed by atoms with Crippen molar-refractivity contribution >= 4 is 53.7 Å². The third-order valence-corrected chi connectivity index (χ3v) is 6.65. The summed E-state index contributed by atoms with van der Waals surface area (Å²) in [6.45, 7) is 6.96. The van der Waals surface area contributed by atoms with E-state index >= 15 is 0 Å². The zero-order valence-corrected chi connectivity index (χ0v) is 25.7. The minimum absolute atomic E-state index is 0.0258. The lowest BCUT2D eigenvalue weighted by Crippen LogP contribution is -2.57. The van der Waals surface area contributed by atoms with E-state index in [9.17, 15) is 33.6 Å². The van der Waals surface area contributed by atoms with Crippen LogP contribution in [0.1, 0.15) is 53.4 Å². The van der Waals surface area contributed by atoms with E-state index in [2.05, 4.69) is 39.2 Å². The molecule has 1 aliphatic rings. The average molecular weight is 616 g/mol. The average Bonchev–Trinajstić information content (AvgIpc) is 2.94. The molecule has 42 heavy (non-hydrogen) atoms. The second-order valence-corrected chi connectivity index (χ2v) is 10.9. The number of ketones is 2. The molecule has 1 fully saturated rings. The van der Waals surface area contributed by atoms with Gasteiger partial charge in [-0.3, -0.25) is 33.6 Å². The van der Waals surface area contributed by atoms with Crippen LogP contribution in [0.2, 0.25) is 0 Å². The Morgan fingerprint density at radius 2 is 1.31 bits per heavy atom. The normalized spacial score (nSPS) is 24.7. The van der Waals surface area contributed by atoms with Crippen molar-refractivity contribution in [2.45, 2.75) is 71.5 Å². The fraction of sp³-hybridized carbons (Fsp3) is 0.741. The zero-order valence-electron chi connectivity index (χ0n) is 24.8. The van der Waals surface area contributed by atoms with Gasteiger partial charge in [-0.25, -0.2) is 0 Å². The maximum absolute atomic E-state index is 13.0. The van der Waals surface area contributed by atoms with Crippen LogP contribution < -0.4 is 26.6 Å². The molecule has 0 aromatic carbocycles. The van der Waals surface area contributed by atoms with E-state index in [1.165, 1.54) is 0 Å². The van der Waals surface area contributed by atoms with Gasteiger partial charge in [0.1, 0.15) is 18.7 Å². The van der Waals surface area contributed by atoms with Gasteiger partial charge >= 0.3 is 0 Å². The molecule has 0 aromatic heterocycles. The summed E-state index contributed by atoms with van der Waals surface area (Å²) in [5, 5.41) is 13.0. The number of hydrogen-bond acceptors (Lipinski definition) is 10. The number of carbonyl (C=O) groups is 7. The highest BCUT2D eigenvalue weighted by Crippen LogP contribution is 2.08. The van der Waals surface area contributed by atoms with Crippen LogP contribution in [0.25, 0.3) is 0 Å². The monoisotopic (exact) mass is 615 g/mol. The third kappa shape index (κ3) is 14.7. The molecular weight excluding hydrogens is 570 g/mol. The highest BCUT2D eigenvalue weighted by atomic mass is 32.1. The summed E-state index contributed by atoms with van der Waals surface area (Å²) in [6, 6.07) is -2.71. The number of amides is 5. The van der Waals surface area contributed by atoms with Gasteiger partial charge in [0, 0.05) is 38.0 Å². The molecule has 238 valence electrons. The van der Waals surface area contributed by atoms with Crippen LogP contribution in [-0.2, 0) is 43.0 Å². The number of hydrogen-bond donors (Lipinski definition) is 6. The molecule has 0 bridgehead atoms. The van der Waals surface area contributed by atoms with Gasteiger partial charge in [0.15, 0.2) is 11.6 Å². The molecule has 0 aromatic rings. The quantitative estimate of drug-likeness (QED) is 0.208. The Morgan fingerprint density at radius 3 is 1.95 bits per heavy atom. The Hall–Kier alpha value is -3.04. The van der Waals surface area contributed by atoms with Crippen LogP contribution >= 0.6 is 12.6 Å². The SMILES string of the molecule is CC(C)[C@@H]1NC(=O)CCC(=O)CNC(=O)CCC(=O)[C@H](CS)NC(=O)COCCOCCNC(=O)[C@H](C(C)C)NC1=O. The lowest BCUT2D eigenvalue weighted by atomic mass is 9.99. The van der Waals surface area contributed by atoms with Gasteiger partial charge in [-0.05, 0) is 11.8 Å². The molecule has 3 atom stereocenters. The van der Waals surface area contributed by atoms with Crippen LogP contribution in [0.3, 0.4) is 0 Å². The fourth-order valence-electron chi connectivity index (χ4n) is 3.80. The first-order chi connectivity index (χ1) is 19.8. The first-order valence-corrected chi connectivity index (χ1v) is 14.7. The molecule has 5 N–H and O–H groups in total. The van der Waals surface area contributed by atoms with E-state index in [0.29, 0.717) is 0 Å². The van der Waals surface area contributed by atoms with Crippen molar-refractivity contribution in [1.82, 2.24) is 26.6 Å². The Bertz CT molecular complexity index is 960. The van der Waals surface area contributed by atoms with Crippen molar-refractivity contribution in [3.8, 4) is 0 Å². The van der Waals surface area contributed by atoms with Gasteiger partial charge in [-0.15, -0.1) is 0 Å². The summed E-state index contributed by atoms with van der Waals surface area (Å²) < 4.78 is 10.7. The maximum atomic E-state index is 13.0. The summed E-state index contributed by atoms with van der Waals surface area (Å²) in [4.78, 5) is 87.2. The number of Topliss-reactive ketones (excluding diaryl/α,β-unsaturated/α-hetero) is 2. The van der Waals surface area contributed by atoms with Crippen molar-refractivity contribution in [2.75, 3.05) is 45.3 Å². The Labute approximate surface area is 251 Å². The number of nitrogens with one attached hydrogen (secondary N) is 5. The van der Waals surface area contributed by atoms with E-state index in [1.807, 2.05) is 0 Å². The van der Waals surface area contributed by atoms with Gasteiger partial charge in [0.25, 0.3) is 0 Å². The van der Waals surface area contributed by atoms with E-state index in [-0.39, 0.29) is 82.8 Å². The van der Waals surface area contributed by atoms with E-state index in [4.69, 9.17) is 9.47 Å². The van der Waals surface area contributed by atoms with Crippen LogP contribution in [-0.4, -0.2) is 104 Å². The van der Waals surface area contributed by atoms with Crippen molar-refractivity contribution in [1.29, 1.82) is 0 Å². The topological polar surface area (TPSA) is 198 Å². The molecular formula is C27H45N5O9S. The smallest absolute Gasteiger partial charge is 0.246 e. The summed E-state index contributed by atoms with van der Waals surface area (Å²) in [6.07, 6.45) is -0.743. The molecule has 1 saturated heterocycles. The predicted molar refractivity (Wildman–Crippen MR) is 155 cm³/mol. The van der Waals surface area contributed by atoms with Crippen molar-refractivity contribution < 1.29 is 43.0 Å². The molecule has 1 aliphatic heterocycles. The molecule has 5 amide bonds. The van der Waals surface area contributed by atoms with E-state index in [1.54, 1.807) is 27.7 Å². The van der Waals surface area contributed by atoms with E-state index in [0.717, 1.165) is 0 Å². The highest BCUT2D eigenvalue weighted by Gasteiger charge is 2.30. The largest absolute Gasteiger partial charge is 0.377 e. The lowest BCUT2D eigenvalue weighted by Gasteiger charge is -2.27. The molecule has 0 aliphatic carbocycles. The number of thiol groups is 1. The van der Waals surface area contributed by atoms with Crippen molar-refractivity contribution in [2.24, 2.45) is 11.8 Å². The van der Waals surface area contributed by atoms with Crippen LogP contribution in [0, 0.1) is 11.8 Å². The molecule has 0 spiro atoms. The Morgan fingerprint density at radius 1 is 0.690 bits per heavy atom. The molecule has 1 rings (SSSR count). The number of ether oxygens (including phenoxy) is 2. The summed E-state index contributed by atoms with van der Waals surface area (Å²) in [5.74, 6) is -3.88. The van der Waals surface area contributed by atoms with Crippen LogP contribution in [0.5, 0.6) is 0 Å². The molecule has 1 heterocycles. The zero-order chi connectivity index (χ0) is 31.7. The summed E-state index contributed by atoms with van der Waals surface area (Å²) in [5.41, 5.74) is 0. The molecule has 0 radical (unpaired) electrons. The molecule has 0 saturated carbocycles. The minimum Gasteiger partial charge on any atom is -0.377 e.